The molecule has 0 saturated carbocycles. The Bertz CT molecular complexity index is 2530. The minimum atomic E-state index is -0.550. The molecule has 3 nitrogen and oxygen atoms in total. The normalized spacial score (nSPS) is 13.1. The third kappa shape index (κ3) is 4.23. The van der Waals surface area contributed by atoms with Crippen LogP contribution in [-0.4, -0.2) is 9.97 Å². The van der Waals surface area contributed by atoms with Gasteiger partial charge in [-0.1, -0.05) is 158 Å². The van der Waals surface area contributed by atoms with E-state index in [-0.39, 0.29) is 0 Å². The molecule has 234 valence electrons. The van der Waals surface area contributed by atoms with Gasteiger partial charge in [0.25, 0.3) is 0 Å². The van der Waals surface area contributed by atoms with E-state index in [0.29, 0.717) is 5.82 Å². The number of aromatic nitrogens is 2. The van der Waals surface area contributed by atoms with Gasteiger partial charge in [-0.2, -0.15) is 0 Å². The highest BCUT2D eigenvalue weighted by Gasteiger charge is 2.51. The van der Waals surface area contributed by atoms with Gasteiger partial charge in [0, 0.05) is 27.8 Å². The van der Waals surface area contributed by atoms with Crippen LogP contribution < -0.4 is 4.74 Å². The molecule has 0 atom stereocenters. The van der Waals surface area contributed by atoms with Crippen LogP contribution in [0.4, 0.5) is 0 Å². The van der Waals surface area contributed by atoms with Gasteiger partial charge in [0.05, 0.1) is 16.8 Å². The zero-order valence-electron chi connectivity index (χ0n) is 27.1. The minimum Gasteiger partial charge on any atom is -0.457 e. The molecule has 2 heterocycles. The van der Waals surface area contributed by atoms with Crippen molar-refractivity contribution in [2.45, 2.75) is 5.41 Å². The predicted molar refractivity (Wildman–Crippen MR) is 201 cm³/mol. The number of nitrogens with zero attached hydrogens (tertiary/aromatic N) is 2. The largest absolute Gasteiger partial charge is 0.457 e. The van der Waals surface area contributed by atoms with Gasteiger partial charge in [0.2, 0.25) is 0 Å². The Labute approximate surface area is 291 Å². The molecule has 0 saturated heterocycles. The van der Waals surface area contributed by atoms with Gasteiger partial charge in [0.15, 0.2) is 5.82 Å². The molecule has 8 aromatic rings. The zero-order valence-corrected chi connectivity index (χ0v) is 27.1. The van der Waals surface area contributed by atoms with Gasteiger partial charge in [-0.05, 0) is 57.6 Å². The van der Waals surface area contributed by atoms with E-state index >= 15 is 0 Å². The number of hydrogen-bond donors (Lipinski definition) is 0. The number of fused-ring (bicyclic) bond motifs is 9. The maximum atomic E-state index is 6.57. The summed E-state index contributed by atoms with van der Waals surface area (Å²) in [5.74, 6) is 2.46. The van der Waals surface area contributed by atoms with E-state index in [2.05, 4.69) is 164 Å². The molecule has 0 bridgehead atoms. The Kier molecular flexibility index (Phi) is 6.40. The summed E-state index contributed by atoms with van der Waals surface area (Å²) < 4.78 is 6.57. The summed E-state index contributed by atoms with van der Waals surface area (Å²) in [6, 6.07) is 64.1. The lowest BCUT2D eigenvalue weighted by atomic mass is 9.66. The van der Waals surface area contributed by atoms with Crippen LogP contribution in [0.5, 0.6) is 11.5 Å². The van der Waals surface area contributed by atoms with Crippen LogP contribution in [0.3, 0.4) is 0 Å². The van der Waals surface area contributed by atoms with E-state index in [4.69, 9.17) is 14.7 Å². The molecule has 7 aromatic carbocycles. The fraction of sp³-hybridized carbons (Fsp3) is 0.0213. The first kappa shape index (κ1) is 28.4. The zero-order chi connectivity index (χ0) is 33.1. The Morgan fingerprint density at radius 1 is 0.340 bits per heavy atom. The van der Waals surface area contributed by atoms with Crippen molar-refractivity contribution in [3.05, 3.63) is 204 Å². The summed E-state index contributed by atoms with van der Waals surface area (Å²) >= 11 is 0. The highest BCUT2D eigenvalue weighted by Crippen LogP contribution is 2.62. The van der Waals surface area contributed by atoms with E-state index in [9.17, 15) is 0 Å². The quantitative estimate of drug-likeness (QED) is 0.192. The molecule has 1 aromatic heterocycles. The molecule has 1 spiro atoms. The van der Waals surface area contributed by atoms with Crippen molar-refractivity contribution in [2.75, 3.05) is 0 Å². The minimum absolute atomic E-state index is 0.550. The fourth-order valence-corrected chi connectivity index (χ4v) is 8.04. The van der Waals surface area contributed by atoms with Gasteiger partial charge >= 0.3 is 0 Å². The number of para-hydroxylation sites is 2. The van der Waals surface area contributed by atoms with E-state index in [1.54, 1.807) is 0 Å². The van der Waals surface area contributed by atoms with Crippen molar-refractivity contribution < 1.29 is 4.74 Å². The van der Waals surface area contributed by atoms with E-state index < -0.39 is 5.41 Å². The van der Waals surface area contributed by atoms with Gasteiger partial charge in [-0.3, -0.25) is 0 Å². The van der Waals surface area contributed by atoms with Crippen molar-refractivity contribution >= 4 is 0 Å². The van der Waals surface area contributed by atoms with Crippen LogP contribution in [0.1, 0.15) is 22.3 Å². The van der Waals surface area contributed by atoms with Crippen molar-refractivity contribution in [1.29, 1.82) is 0 Å². The molecule has 2 aliphatic rings. The SMILES string of the molecule is c1ccc(-c2nc(-c3ccc4c(c3)C3(c5ccccc5Oc5ccccc53)c3ccccc3-4)cc(-c3ccccc3-c3ccccc3)n2)cc1. The summed E-state index contributed by atoms with van der Waals surface area (Å²) in [7, 11) is 0. The highest BCUT2D eigenvalue weighted by molar-refractivity contribution is 5.91. The molecule has 1 aliphatic heterocycles. The van der Waals surface area contributed by atoms with E-state index in [1.807, 2.05) is 18.2 Å². The second-order valence-corrected chi connectivity index (χ2v) is 12.9. The maximum absolute atomic E-state index is 6.57. The topological polar surface area (TPSA) is 35.0 Å². The average molecular weight is 639 g/mol. The van der Waals surface area contributed by atoms with Crippen molar-refractivity contribution in [3.63, 3.8) is 0 Å². The molecule has 10 rings (SSSR count). The van der Waals surface area contributed by atoms with Gasteiger partial charge in [0.1, 0.15) is 11.5 Å². The Morgan fingerprint density at radius 3 is 1.56 bits per heavy atom. The van der Waals surface area contributed by atoms with E-state index in [1.165, 1.54) is 22.3 Å². The van der Waals surface area contributed by atoms with Crippen molar-refractivity contribution in [2.24, 2.45) is 0 Å². The molecule has 0 radical (unpaired) electrons. The van der Waals surface area contributed by atoms with Crippen LogP contribution in [0, 0.1) is 0 Å². The molecule has 50 heavy (non-hydrogen) atoms. The lowest BCUT2D eigenvalue weighted by Crippen LogP contribution is -2.32. The number of benzene rings is 7. The Hall–Kier alpha value is -6.58. The molecule has 0 N–H and O–H groups in total. The molecule has 3 heteroatoms. The lowest BCUT2D eigenvalue weighted by molar-refractivity contribution is 0.436. The van der Waals surface area contributed by atoms with E-state index in [0.717, 1.165) is 61.8 Å². The van der Waals surface area contributed by atoms with Crippen molar-refractivity contribution in [1.82, 2.24) is 9.97 Å². The third-order valence-corrected chi connectivity index (χ3v) is 10.2. The monoisotopic (exact) mass is 638 g/mol. The molecule has 0 fully saturated rings. The van der Waals surface area contributed by atoms with Crippen LogP contribution in [-0.2, 0) is 5.41 Å². The second-order valence-electron chi connectivity index (χ2n) is 12.9. The smallest absolute Gasteiger partial charge is 0.160 e. The molecular weight excluding hydrogens is 609 g/mol. The molecule has 0 unspecified atom stereocenters. The maximum Gasteiger partial charge on any atom is 0.160 e. The summed E-state index contributed by atoms with van der Waals surface area (Å²) in [5, 5.41) is 0. The number of rotatable bonds is 4. The fourth-order valence-electron chi connectivity index (χ4n) is 8.04. The third-order valence-electron chi connectivity index (χ3n) is 10.2. The van der Waals surface area contributed by atoms with Crippen molar-refractivity contribution in [3.8, 4) is 67.7 Å². The number of hydrogen-bond acceptors (Lipinski definition) is 3. The van der Waals surface area contributed by atoms with Gasteiger partial charge in [-0.25, -0.2) is 9.97 Å². The summed E-state index contributed by atoms with van der Waals surface area (Å²) in [6.45, 7) is 0. The average Bonchev–Trinajstić information content (AvgIpc) is 3.48. The summed E-state index contributed by atoms with van der Waals surface area (Å²) in [5.41, 5.74) is 13.8. The molecular formula is C47H30N2O. The first-order valence-electron chi connectivity index (χ1n) is 17.0. The highest BCUT2D eigenvalue weighted by atomic mass is 16.5. The van der Waals surface area contributed by atoms with Gasteiger partial charge in [-0.15, -0.1) is 0 Å². The molecule has 1 aliphatic carbocycles. The van der Waals surface area contributed by atoms with Crippen LogP contribution in [0.2, 0.25) is 0 Å². The second kappa shape index (κ2) is 11.3. The van der Waals surface area contributed by atoms with Crippen LogP contribution in [0.25, 0.3) is 56.2 Å². The summed E-state index contributed by atoms with van der Waals surface area (Å²) in [4.78, 5) is 10.5. The predicted octanol–water partition coefficient (Wildman–Crippen LogP) is 11.6. The van der Waals surface area contributed by atoms with Crippen LogP contribution in [0.15, 0.2) is 182 Å². The van der Waals surface area contributed by atoms with Gasteiger partial charge < -0.3 is 4.74 Å². The molecule has 0 amide bonds. The Morgan fingerprint density at radius 2 is 0.860 bits per heavy atom. The number of ether oxygens (including phenoxy) is 1. The summed E-state index contributed by atoms with van der Waals surface area (Å²) in [6.07, 6.45) is 0. The standard InChI is InChI=1S/C47H30N2O/c1-3-15-31(16-4-1)34-19-7-8-21-37(34)43-30-42(48-46(49-43)32-17-5-2-6-18-32)33-27-28-36-35-20-9-10-22-38(35)47(41(36)29-33)39-23-11-13-25-44(39)50-45-26-14-12-24-40(45)47/h1-30H. The Balaban J connectivity index is 1.24. The first-order valence-corrected chi connectivity index (χ1v) is 17.0. The van der Waals surface area contributed by atoms with Crippen LogP contribution >= 0.6 is 0 Å². The first-order chi connectivity index (χ1) is 24.8. The lowest BCUT2D eigenvalue weighted by Gasteiger charge is -2.39.